The minimum absolute atomic E-state index is 0.214. The summed E-state index contributed by atoms with van der Waals surface area (Å²) in [4.78, 5) is 9.64. The number of rotatable bonds is 2. The summed E-state index contributed by atoms with van der Waals surface area (Å²) in [5, 5.41) is 9.10. The van der Waals surface area contributed by atoms with Gasteiger partial charge in [0, 0.05) is 25.6 Å². The molecule has 1 fully saturated rings. The van der Waals surface area contributed by atoms with Gasteiger partial charge in [0.1, 0.15) is 5.82 Å². The standard InChI is InChI=1S/C12H14FN3O/c13-9-1-2-10-11(5-9)15-12(14-10)16-4-3-8(6-16)7-17/h1-2,5,8,17H,3-4,6-7H2,(H,14,15). The monoisotopic (exact) mass is 235 g/mol. The van der Waals surface area contributed by atoms with E-state index in [-0.39, 0.29) is 12.4 Å². The summed E-state index contributed by atoms with van der Waals surface area (Å²) >= 11 is 0. The number of aromatic amines is 1. The lowest BCUT2D eigenvalue weighted by Crippen LogP contribution is -2.21. The van der Waals surface area contributed by atoms with E-state index in [0.717, 1.165) is 31.0 Å². The van der Waals surface area contributed by atoms with Crippen LogP contribution in [-0.4, -0.2) is 34.8 Å². The molecule has 5 heteroatoms. The number of nitrogens with one attached hydrogen (secondary N) is 1. The van der Waals surface area contributed by atoms with Gasteiger partial charge in [-0.1, -0.05) is 0 Å². The van der Waals surface area contributed by atoms with Crippen LogP contribution < -0.4 is 4.90 Å². The average Bonchev–Trinajstić information content (AvgIpc) is 2.93. The van der Waals surface area contributed by atoms with Crippen LogP contribution in [0.25, 0.3) is 11.0 Å². The molecule has 2 aromatic rings. The molecule has 4 nitrogen and oxygen atoms in total. The van der Waals surface area contributed by atoms with E-state index in [0.29, 0.717) is 11.4 Å². The fourth-order valence-corrected chi connectivity index (χ4v) is 2.29. The average molecular weight is 235 g/mol. The number of aliphatic hydroxyl groups is 1. The molecule has 1 aliphatic heterocycles. The number of nitrogens with zero attached hydrogens (tertiary/aromatic N) is 2. The minimum atomic E-state index is -0.262. The first-order chi connectivity index (χ1) is 8.26. The summed E-state index contributed by atoms with van der Waals surface area (Å²) in [6.07, 6.45) is 0.974. The third-order valence-electron chi connectivity index (χ3n) is 3.28. The molecule has 1 aliphatic rings. The van der Waals surface area contributed by atoms with Gasteiger partial charge in [-0.3, -0.25) is 0 Å². The van der Waals surface area contributed by atoms with E-state index in [1.807, 2.05) is 0 Å². The van der Waals surface area contributed by atoms with Crippen LogP contribution in [0.4, 0.5) is 10.3 Å². The summed E-state index contributed by atoms with van der Waals surface area (Å²) in [6, 6.07) is 4.53. The van der Waals surface area contributed by atoms with Crippen molar-refractivity contribution in [1.29, 1.82) is 0 Å². The van der Waals surface area contributed by atoms with Gasteiger partial charge in [-0.15, -0.1) is 0 Å². The Balaban J connectivity index is 1.91. The summed E-state index contributed by atoms with van der Waals surface area (Å²) < 4.78 is 13.0. The van der Waals surface area contributed by atoms with Crippen LogP contribution in [0, 0.1) is 11.7 Å². The van der Waals surface area contributed by atoms with Gasteiger partial charge in [0.15, 0.2) is 0 Å². The molecule has 17 heavy (non-hydrogen) atoms. The van der Waals surface area contributed by atoms with Gasteiger partial charge in [0.05, 0.1) is 11.0 Å². The van der Waals surface area contributed by atoms with Gasteiger partial charge in [-0.2, -0.15) is 0 Å². The molecule has 90 valence electrons. The zero-order valence-corrected chi connectivity index (χ0v) is 9.36. The Morgan fingerprint density at radius 2 is 2.41 bits per heavy atom. The molecule has 1 atom stereocenters. The lowest BCUT2D eigenvalue weighted by atomic mass is 10.1. The highest BCUT2D eigenvalue weighted by atomic mass is 19.1. The van der Waals surface area contributed by atoms with Gasteiger partial charge in [-0.05, 0) is 24.6 Å². The maximum atomic E-state index is 13.0. The molecule has 2 heterocycles. The Labute approximate surface area is 98.1 Å². The van der Waals surface area contributed by atoms with Crippen molar-refractivity contribution < 1.29 is 9.50 Å². The topological polar surface area (TPSA) is 52.1 Å². The number of H-pyrrole nitrogens is 1. The molecule has 3 rings (SSSR count). The summed E-state index contributed by atoms with van der Waals surface area (Å²) in [6.45, 7) is 1.90. The van der Waals surface area contributed by atoms with Crippen LogP contribution in [0.3, 0.4) is 0 Å². The maximum Gasteiger partial charge on any atom is 0.203 e. The normalized spacial score (nSPS) is 20.4. The van der Waals surface area contributed by atoms with Crippen molar-refractivity contribution in [3.05, 3.63) is 24.0 Å². The number of halogens is 1. The summed E-state index contributed by atoms with van der Waals surface area (Å²) in [7, 11) is 0. The summed E-state index contributed by atoms with van der Waals surface area (Å²) in [5.41, 5.74) is 1.49. The predicted octanol–water partition coefficient (Wildman–Crippen LogP) is 1.52. The van der Waals surface area contributed by atoms with Gasteiger partial charge in [-0.25, -0.2) is 9.37 Å². The molecule has 1 saturated heterocycles. The smallest absolute Gasteiger partial charge is 0.203 e. The third kappa shape index (κ3) is 1.86. The highest BCUT2D eigenvalue weighted by Crippen LogP contribution is 2.23. The largest absolute Gasteiger partial charge is 0.396 e. The number of aromatic nitrogens is 2. The Bertz CT molecular complexity index is 540. The van der Waals surface area contributed by atoms with Gasteiger partial charge >= 0.3 is 0 Å². The van der Waals surface area contributed by atoms with Gasteiger partial charge in [0.2, 0.25) is 5.95 Å². The molecule has 0 bridgehead atoms. The third-order valence-corrected chi connectivity index (χ3v) is 3.28. The van der Waals surface area contributed by atoms with Crippen molar-refractivity contribution in [2.45, 2.75) is 6.42 Å². The van der Waals surface area contributed by atoms with Crippen molar-refractivity contribution in [2.24, 2.45) is 5.92 Å². The van der Waals surface area contributed by atoms with E-state index >= 15 is 0 Å². The quantitative estimate of drug-likeness (QED) is 0.829. The van der Waals surface area contributed by atoms with Gasteiger partial charge < -0.3 is 15.0 Å². The first kappa shape index (κ1) is 10.5. The number of fused-ring (bicyclic) bond motifs is 1. The van der Waals surface area contributed by atoms with Crippen molar-refractivity contribution in [3.63, 3.8) is 0 Å². The lowest BCUT2D eigenvalue weighted by molar-refractivity contribution is 0.238. The molecule has 0 amide bonds. The fraction of sp³-hybridized carbons (Fsp3) is 0.417. The predicted molar refractivity (Wildman–Crippen MR) is 63.5 cm³/mol. The van der Waals surface area contributed by atoms with E-state index in [4.69, 9.17) is 5.11 Å². The first-order valence-electron chi connectivity index (χ1n) is 5.77. The van der Waals surface area contributed by atoms with Crippen molar-refractivity contribution in [3.8, 4) is 0 Å². The zero-order chi connectivity index (χ0) is 11.8. The van der Waals surface area contributed by atoms with Crippen LogP contribution in [0.1, 0.15) is 6.42 Å². The first-order valence-corrected chi connectivity index (χ1v) is 5.77. The number of hydrogen-bond acceptors (Lipinski definition) is 3. The molecule has 0 spiro atoms. The Morgan fingerprint density at radius 3 is 3.18 bits per heavy atom. The second-order valence-corrected chi connectivity index (χ2v) is 4.51. The van der Waals surface area contributed by atoms with Gasteiger partial charge in [0.25, 0.3) is 0 Å². The molecule has 1 aromatic carbocycles. The fourth-order valence-electron chi connectivity index (χ4n) is 2.29. The van der Waals surface area contributed by atoms with Crippen LogP contribution >= 0.6 is 0 Å². The second kappa shape index (κ2) is 4.00. The Hall–Kier alpha value is -1.62. The Kier molecular flexibility index (Phi) is 2.48. The molecule has 2 N–H and O–H groups in total. The van der Waals surface area contributed by atoms with Crippen LogP contribution in [-0.2, 0) is 0 Å². The molecular formula is C12H14FN3O. The van der Waals surface area contributed by atoms with Crippen molar-refractivity contribution in [2.75, 3.05) is 24.6 Å². The maximum absolute atomic E-state index is 13.0. The molecule has 1 unspecified atom stereocenters. The Morgan fingerprint density at radius 1 is 1.53 bits per heavy atom. The molecule has 1 aromatic heterocycles. The van der Waals surface area contributed by atoms with E-state index in [1.165, 1.54) is 12.1 Å². The molecule has 0 saturated carbocycles. The van der Waals surface area contributed by atoms with E-state index in [2.05, 4.69) is 14.9 Å². The van der Waals surface area contributed by atoms with Crippen LogP contribution in [0.15, 0.2) is 18.2 Å². The number of anilines is 1. The minimum Gasteiger partial charge on any atom is -0.396 e. The SMILES string of the molecule is OCC1CCN(c2nc3ccc(F)cc3[nH]2)C1. The highest BCUT2D eigenvalue weighted by molar-refractivity contribution is 5.77. The van der Waals surface area contributed by atoms with Crippen molar-refractivity contribution in [1.82, 2.24) is 9.97 Å². The van der Waals surface area contributed by atoms with Crippen LogP contribution in [0.2, 0.25) is 0 Å². The molecular weight excluding hydrogens is 221 g/mol. The zero-order valence-electron chi connectivity index (χ0n) is 9.36. The van der Waals surface area contributed by atoms with Crippen LogP contribution in [0.5, 0.6) is 0 Å². The van der Waals surface area contributed by atoms with E-state index < -0.39 is 0 Å². The molecule has 0 aliphatic carbocycles. The van der Waals surface area contributed by atoms with Crippen molar-refractivity contribution >= 4 is 17.0 Å². The summed E-state index contributed by atoms with van der Waals surface area (Å²) in [5.74, 6) is 0.823. The number of aliphatic hydroxyl groups excluding tert-OH is 1. The number of imidazole rings is 1. The van der Waals surface area contributed by atoms with E-state index in [9.17, 15) is 4.39 Å². The number of hydrogen-bond donors (Lipinski definition) is 2. The number of benzene rings is 1. The highest BCUT2D eigenvalue weighted by Gasteiger charge is 2.23. The second-order valence-electron chi connectivity index (χ2n) is 4.51. The molecule has 0 radical (unpaired) electrons. The lowest BCUT2D eigenvalue weighted by Gasteiger charge is -2.13. The van der Waals surface area contributed by atoms with E-state index in [1.54, 1.807) is 6.07 Å².